The second-order valence-electron chi connectivity index (χ2n) is 12.5. The molecule has 0 saturated carbocycles. The van der Waals surface area contributed by atoms with Crippen LogP contribution in [-0.2, 0) is 0 Å². The Morgan fingerprint density at radius 1 is 0.603 bits per heavy atom. The lowest BCUT2D eigenvalue weighted by Gasteiger charge is -2.33. The third kappa shape index (κ3) is 7.88. The third-order valence-electron chi connectivity index (χ3n) is 8.84. The van der Waals surface area contributed by atoms with Crippen molar-refractivity contribution in [2.24, 2.45) is 10.2 Å². The fourth-order valence-corrected chi connectivity index (χ4v) is 6.08. The lowest BCUT2D eigenvalue weighted by molar-refractivity contribution is -0.384. The quantitative estimate of drug-likeness (QED) is 0.0995. The number of hydrogen-bond donors (Lipinski definition) is 1. The maximum atomic E-state index is 13.3. The Labute approximate surface area is 331 Å². The maximum Gasteiger partial charge on any atom is 0.350 e. The number of hydrogen-bond acceptors (Lipinski definition) is 11. The molecule has 2 aliphatic rings. The van der Waals surface area contributed by atoms with Crippen LogP contribution in [0.25, 0.3) is 0 Å². The van der Waals surface area contributed by atoms with Gasteiger partial charge < -0.3 is 5.73 Å². The second kappa shape index (κ2) is 16.7. The van der Waals surface area contributed by atoms with E-state index >= 15 is 0 Å². The Balaban J connectivity index is 0.000000177. The van der Waals surface area contributed by atoms with Crippen molar-refractivity contribution in [1.82, 2.24) is 9.97 Å². The molecule has 0 bridgehead atoms. The third-order valence-corrected chi connectivity index (χ3v) is 8.84. The number of anilines is 5. The molecule has 2 aromatic heterocycles. The van der Waals surface area contributed by atoms with Gasteiger partial charge in [0.25, 0.3) is 5.69 Å². The average molecular weight is 767 g/mol. The molecular weight excluding hydrogens is 737 g/mol. The standard InChI is InChI=1S/C21H14N6O3.C21H16N6O/c22-13-15-6-1-2-10-20(15)26-21(28)25(16-7-5-8-17(12-16)27(29)30)14-19(24-26)18-9-3-4-11-23-18;22-13-15-6-1-2-10-20(15)27-21(28)26(17-8-5-7-16(23)12-17)14-19(25-27)18-9-3-4-11-24-18/h1-12H,14H2;1-12H,14,23H2. The Bertz CT molecular complexity index is 2680. The molecule has 4 heterocycles. The van der Waals surface area contributed by atoms with E-state index in [-0.39, 0.29) is 30.4 Å². The number of nitrogens with zero attached hydrogens (tertiary/aromatic N) is 11. The van der Waals surface area contributed by atoms with Crippen molar-refractivity contribution >= 4 is 57.6 Å². The fourth-order valence-electron chi connectivity index (χ4n) is 6.08. The fraction of sp³-hybridized carbons (Fsp3) is 0.0476. The van der Waals surface area contributed by atoms with Crippen LogP contribution in [0.15, 0.2) is 156 Å². The summed E-state index contributed by atoms with van der Waals surface area (Å²) in [6.07, 6.45) is 3.28. The minimum atomic E-state index is -0.530. The molecule has 0 fully saturated rings. The molecule has 58 heavy (non-hydrogen) atoms. The van der Waals surface area contributed by atoms with Gasteiger partial charge in [-0.05, 0) is 72.8 Å². The lowest BCUT2D eigenvalue weighted by atomic mass is 10.1. The number of carbonyl (C=O) groups is 2. The first-order valence-electron chi connectivity index (χ1n) is 17.5. The largest absolute Gasteiger partial charge is 0.399 e. The van der Waals surface area contributed by atoms with Crippen molar-refractivity contribution in [3.05, 3.63) is 178 Å². The van der Waals surface area contributed by atoms with Crippen molar-refractivity contribution in [1.29, 1.82) is 10.5 Å². The Hall–Kier alpha value is -8.76. The minimum absolute atomic E-state index is 0.0717. The zero-order valence-electron chi connectivity index (χ0n) is 30.4. The molecule has 0 atom stereocenters. The van der Waals surface area contributed by atoms with Crippen LogP contribution in [0.2, 0.25) is 0 Å². The molecule has 0 radical (unpaired) electrons. The number of nitro benzene ring substituents is 1. The maximum absolute atomic E-state index is 13.3. The zero-order chi connectivity index (χ0) is 40.6. The van der Waals surface area contributed by atoms with Crippen molar-refractivity contribution in [2.75, 3.05) is 38.6 Å². The number of nitrogen functional groups attached to an aromatic ring is 1. The van der Waals surface area contributed by atoms with Gasteiger partial charge in [-0.1, -0.05) is 48.5 Å². The van der Waals surface area contributed by atoms with E-state index in [4.69, 9.17) is 5.73 Å². The number of para-hydroxylation sites is 2. The van der Waals surface area contributed by atoms with Gasteiger partial charge in [0, 0.05) is 35.9 Å². The summed E-state index contributed by atoms with van der Waals surface area (Å²) >= 11 is 0. The SMILES string of the molecule is N#Cc1ccccc1N1N=C(c2ccccn2)CN(c2cccc(N)c2)C1=O.N#Cc1ccccc1N1N=C(c2ccccn2)CN(c2cccc([N+](=O)[O-])c2)C1=O. The van der Waals surface area contributed by atoms with Gasteiger partial charge in [0.2, 0.25) is 0 Å². The van der Waals surface area contributed by atoms with Crippen LogP contribution in [0.3, 0.4) is 0 Å². The topological polar surface area (TPSA) is 214 Å². The molecule has 0 spiro atoms. The van der Waals surface area contributed by atoms with E-state index in [0.717, 1.165) is 5.01 Å². The number of nitrogens with two attached hydrogens (primary N) is 1. The number of hydrazone groups is 2. The van der Waals surface area contributed by atoms with Gasteiger partial charge in [0.05, 0.1) is 57.6 Å². The lowest BCUT2D eigenvalue weighted by Crippen LogP contribution is -2.49. The number of pyridine rings is 2. The van der Waals surface area contributed by atoms with Crippen molar-refractivity contribution in [3.63, 3.8) is 0 Å². The Morgan fingerprint density at radius 3 is 1.52 bits per heavy atom. The van der Waals surface area contributed by atoms with Crippen molar-refractivity contribution in [2.45, 2.75) is 0 Å². The molecule has 0 aliphatic carbocycles. The molecular formula is C42H30N12O4. The van der Waals surface area contributed by atoms with Gasteiger partial charge in [-0.3, -0.25) is 29.9 Å². The van der Waals surface area contributed by atoms with Crippen LogP contribution < -0.4 is 25.6 Å². The van der Waals surface area contributed by atoms with Crippen LogP contribution in [0, 0.1) is 32.8 Å². The summed E-state index contributed by atoms with van der Waals surface area (Å²) in [6.45, 7) is 0.312. The highest BCUT2D eigenvalue weighted by Crippen LogP contribution is 2.31. The summed E-state index contributed by atoms with van der Waals surface area (Å²) in [4.78, 5) is 48.8. The highest BCUT2D eigenvalue weighted by atomic mass is 16.6. The molecule has 4 amide bonds. The van der Waals surface area contributed by atoms with E-state index in [2.05, 4.69) is 32.3 Å². The van der Waals surface area contributed by atoms with Crippen LogP contribution >= 0.6 is 0 Å². The number of nitriles is 2. The predicted octanol–water partition coefficient (Wildman–Crippen LogP) is 7.10. The van der Waals surface area contributed by atoms with Crippen LogP contribution in [0.5, 0.6) is 0 Å². The summed E-state index contributed by atoms with van der Waals surface area (Å²) in [5.74, 6) is 0. The zero-order valence-corrected chi connectivity index (χ0v) is 30.4. The monoisotopic (exact) mass is 766 g/mol. The molecule has 2 N–H and O–H groups in total. The van der Waals surface area contributed by atoms with Gasteiger partial charge >= 0.3 is 12.1 Å². The van der Waals surface area contributed by atoms with Crippen LogP contribution in [0.1, 0.15) is 22.5 Å². The predicted molar refractivity (Wildman–Crippen MR) is 218 cm³/mol. The number of aromatic nitrogens is 2. The number of rotatable bonds is 7. The highest BCUT2D eigenvalue weighted by Gasteiger charge is 2.34. The molecule has 8 rings (SSSR count). The van der Waals surface area contributed by atoms with Crippen molar-refractivity contribution in [3.8, 4) is 12.1 Å². The normalized spacial score (nSPS) is 13.7. The number of benzene rings is 4. The first-order chi connectivity index (χ1) is 28.2. The minimum Gasteiger partial charge on any atom is -0.399 e. The molecule has 2 aliphatic heterocycles. The summed E-state index contributed by atoms with van der Waals surface area (Å²) in [5.41, 5.74) is 11.0. The summed E-state index contributed by atoms with van der Waals surface area (Å²) in [7, 11) is 0. The molecule has 16 heteroatoms. The molecule has 0 saturated heterocycles. The molecule has 6 aromatic rings. The Kier molecular flexibility index (Phi) is 10.8. The average Bonchev–Trinajstić information content (AvgIpc) is 3.27. The summed E-state index contributed by atoms with van der Waals surface area (Å²) < 4.78 is 0. The molecule has 4 aromatic carbocycles. The van der Waals surface area contributed by atoms with E-state index in [1.54, 1.807) is 108 Å². The van der Waals surface area contributed by atoms with E-state index in [1.807, 2.05) is 24.3 Å². The van der Waals surface area contributed by atoms with E-state index in [1.165, 1.54) is 28.1 Å². The second-order valence-corrected chi connectivity index (χ2v) is 12.5. The summed E-state index contributed by atoms with van der Waals surface area (Å²) in [6, 6.07) is 40.5. The Morgan fingerprint density at radius 2 is 1.07 bits per heavy atom. The molecule has 282 valence electrons. The van der Waals surface area contributed by atoms with E-state index in [0.29, 0.717) is 56.8 Å². The van der Waals surface area contributed by atoms with E-state index < -0.39 is 11.0 Å². The number of urea groups is 2. The first kappa shape index (κ1) is 37.6. The van der Waals surface area contributed by atoms with Crippen molar-refractivity contribution < 1.29 is 14.5 Å². The molecule has 0 unspecified atom stereocenters. The van der Waals surface area contributed by atoms with E-state index in [9.17, 15) is 30.2 Å². The first-order valence-corrected chi connectivity index (χ1v) is 17.5. The van der Waals surface area contributed by atoms with Gasteiger partial charge in [-0.15, -0.1) is 0 Å². The van der Waals surface area contributed by atoms with Gasteiger partial charge in [0.1, 0.15) is 23.6 Å². The van der Waals surface area contributed by atoms with Gasteiger partial charge in [0.15, 0.2) is 0 Å². The van der Waals surface area contributed by atoms with Gasteiger partial charge in [-0.2, -0.15) is 30.7 Å². The number of nitro groups is 1. The van der Waals surface area contributed by atoms with Gasteiger partial charge in [-0.25, -0.2) is 9.59 Å². The highest BCUT2D eigenvalue weighted by molar-refractivity contribution is 6.17. The number of non-ortho nitro benzene ring substituents is 1. The van der Waals surface area contributed by atoms with Crippen LogP contribution in [0.4, 0.5) is 43.7 Å². The summed E-state index contributed by atoms with van der Waals surface area (Å²) in [5, 5.41) is 41.5. The smallest absolute Gasteiger partial charge is 0.350 e. The molecule has 16 nitrogen and oxygen atoms in total. The number of amides is 4. The van der Waals surface area contributed by atoms with Crippen LogP contribution in [-0.4, -0.2) is 51.5 Å². The number of carbonyl (C=O) groups excluding carboxylic acids is 2.